The van der Waals surface area contributed by atoms with Crippen LogP contribution in [0.25, 0.3) is 0 Å². The van der Waals surface area contributed by atoms with Crippen LogP contribution in [0.2, 0.25) is 5.02 Å². The van der Waals surface area contributed by atoms with E-state index in [1.54, 1.807) is 0 Å². The van der Waals surface area contributed by atoms with Gasteiger partial charge in [0.05, 0.1) is 10.7 Å². The van der Waals surface area contributed by atoms with Crippen LogP contribution in [-0.4, -0.2) is 44.8 Å². The lowest BCUT2D eigenvalue weighted by Crippen LogP contribution is -2.38. The maximum absolute atomic E-state index is 14.2. The molecule has 122 valence electrons. The number of nitrogens with one attached hydrogen (secondary N) is 2. The molecule has 0 saturated carbocycles. The summed E-state index contributed by atoms with van der Waals surface area (Å²) in [5, 5.41) is 5.37. The SMILES string of the molecule is CC(=O)Nc1cc(F)c(S(=O)(=O)N(C)C2CCNC2)cc1Cl. The highest BCUT2D eigenvalue weighted by molar-refractivity contribution is 7.89. The normalized spacial score (nSPS) is 18.7. The molecule has 1 aromatic rings. The van der Waals surface area contributed by atoms with E-state index in [0.717, 1.165) is 23.0 Å². The second-order valence-corrected chi connectivity index (χ2v) is 7.48. The van der Waals surface area contributed by atoms with Gasteiger partial charge < -0.3 is 10.6 Å². The largest absolute Gasteiger partial charge is 0.325 e. The van der Waals surface area contributed by atoms with Gasteiger partial charge in [0.1, 0.15) is 10.7 Å². The summed E-state index contributed by atoms with van der Waals surface area (Å²) < 4.78 is 40.4. The molecule has 0 radical (unpaired) electrons. The molecular weight excluding hydrogens is 333 g/mol. The Labute approximate surface area is 133 Å². The van der Waals surface area contributed by atoms with E-state index in [0.29, 0.717) is 13.0 Å². The Morgan fingerprint density at radius 1 is 1.50 bits per heavy atom. The molecule has 0 aromatic heterocycles. The van der Waals surface area contributed by atoms with Gasteiger partial charge in [0.2, 0.25) is 15.9 Å². The van der Waals surface area contributed by atoms with Crippen LogP contribution in [0.4, 0.5) is 10.1 Å². The van der Waals surface area contributed by atoms with Crippen LogP contribution >= 0.6 is 11.6 Å². The summed E-state index contributed by atoms with van der Waals surface area (Å²) in [6.45, 7) is 2.49. The van der Waals surface area contributed by atoms with E-state index >= 15 is 0 Å². The molecule has 0 spiro atoms. The van der Waals surface area contributed by atoms with Gasteiger partial charge in [-0.2, -0.15) is 4.31 Å². The number of sulfonamides is 1. The Morgan fingerprint density at radius 3 is 2.73 bits per heavy atom. The first-order valence-corrected chi connectivity index (χ1v) is 8.50. The number of anilines is 1. The van der Waals surface area contributed by atoms with Gasteiger partial charge in [0.25, 0.3) is 0 Å². The zero-order chi connectivity index (χ0) is 16.5. The van der Waals surface area contributed by atoms with Gasteiger partial charge in [-0.05, 0) is 19.0 Å². The van der Waals surface area contributed by atoms with Gasteiger partial charge in [0.15, 0.2) is 0 Å². The fourth-order valence-corrected chi connectivity index (χ4v) is 4.04. The summed E-state index contributed by atoms with van der Waals surface area (Å²) in [6.07, 6.45) is 0.662. The molecule has 1 saturated heterocycles. The van der Waals surface area contributed by atoms with Crippen molar-refractivity contribution in [1.29, 1.82) is 0 Å². The van der Waals surface area contributed by atoms with Crippen LogP contribution in [-0.2, 0) is 14.8 Å². The average Bonchev–Trinajstić information content (AvgIpc) is 2.94. The lowest BCUT2D eigenvalue weighted by atomic mass is 10.3. The lowest BCUT2D eigenvalue weighted by Gasteiger charge is -2.23. The highest BCUT2D eigenvalue weighted by atomic mass is 35.5. The maximum atomic E-state index is 14.2. The first-order valence-electron chi connectivity index (χ1n) is 6.69. The Bertz CT molecular complexity index is 690. The monoisotopic (exact) mass is 349 g/mol. The summed E-state index contributed by atoms with van der Waals surface area (Å²) in [4.78, 5) is 10.5. The minimum Gasteiger partial charge on any atom is -0.325 e. The third-order valence-corrected chi connectivity index (χ3v) is 5.78. The van der Waals surface area contributed by atoms with Crippen molar-refractivity contribution < 1.29 is 17.6 Å². The number of nitrogens with zero attached hydrogens (tertiary/aromatic N) is 1. The van der Waals surface area contributed by atoms with Crippen LogP contribution in [0.15, 0.2) is 17.0 Å². The van der Waals surface area contributed by atoms with Gasteiger partial charge in [-0.1, -0.05) is 11.6 Å². The number of carbonyl (C=O) groups is 1. The van der Waals surface area contributed by atoms with E-state index < -0.39 is 26.6 Å². The molecule has 2 N–H and O–H groups in total. The third kappa shape index (κ3) is 3.40. The van der Waals surface area contributed by atoms with Crippen molar-refractivity contribution in [3.05, 3.63) is 23.0 Å². The third-order valence-electron chi connectivity index (χ3n) is 3.54. The maximum Gasteiger partial charge on any atom is 0.246 e. The highest BCUT2D eigenvalue weighted by Gasteiger charge is 2.32. The molecule has 1 aromatic carbocycles. The van der Waals surface area contributed by atoms with Crippen molar-refractivity contribution in [2.45, 2.75) is 24.3 Å². The van der Waals surface area contributed by atoms with E-state index in [4.69, 9.17) is 11.6 Å². The number of carbonyl (C=O) groups excluding carboxylic acids is 1. The minimum absolute atomic E-state index is 0.0341. The molecule has 0 bridgehead atoms. The fraction of sp³-hybridized carbons (Fsp3) is 0.462. The Balaban J connectivity index is 2.38. The van der Waals surface area contributed by atoms with Gasteiger partial charge >= 0.3 is 0 Å². The van der Waals surface area contributed by atoms with Crippen LogP contribution in [0.3, 0.4) is 0 Å². The summed E-state index contributed by atoms with van der Waals surface area (Å²) in [6, 6.07) is 1.71. The van der Waals surface area contributed by atoms with E-state index in [2.05, 4.69) is 10.6 Å². The van der Waals surface area contributed by atoms with Gasteiger partial charge in [-0.15, -0.1) is 0 Å². The second kappa shape index (κ2) is 6.49. The van der Waals surface area contributed by atoms with Crippen LogP contribution < -0.4 is 10.6 Å². The molecule has 1 fully saturated rings. The first kappa shape index (κ1) is 17.1. The molecule has 1 atom stereocenters. The second-order valence-electron chi connectivity index (χ2n) is 5.11. The predicted octanol–water partition coefficient (Wildman–Crippen LogP) is 1.42. The number of hydrogen-bond acceptors (Lipinski definition) is 4. The van der Waals surface area contributed by atoms with Gasteiger partial charge in [-0.25, -0.2) is 12.8 Å². The average molecular weight is 350 g/mol. The van der Waals surface area contributed by atoms with E-state index in [1.165, 1.54) is 14.0 Å². The number of rotatable bonds is 4. The Kier molecular flexibility index (Phi) is 5.06. The van der Waals surface area contributed by atoms with E-state index in [1.807, 2.05) is 0 Å². The molecule has 9 heteroatoms. The molecule has 6 nitrogen and oxygen atoms in total. The first-order chi connectivity index (χ1) is 10.2. The summed E-state index contributed by atoms with van der Waals surface area (Å²) in [5.74, 6) is -1.38. The molecule has 2 rings (SSSR count). The summed E-state index contributed by atoms with van der Waals surface area (Å²) >= 11 is 5.94. The van der Waals surface area contributed by atoms with E-state index in [9.17, 15) is 17.6 Å². The van der Waals surface area contributed by atoms with Crippen molar-refractivity contribution in [1.82, 2.24) is 9.62 Å². The molecule has 22 heavy (non-hydrogen) atoms. The topological polar surface area (TPSA) is 78.5 Å². The standard InChI is InChI=1S/C13H17ClFN3O3S/c1-8(19)17-12-6-11(15)13(5-10(12)14)22(20,21)18(2)9-3-4-16-7-9/h5-6,9,16H,3-4,7H2,1-2H3,(H,17,19). The molecule has 1 heterocycles. The zero-order valence-corrected chi connectivity index (χ0v) is 13.8. The number of halogens is 2. The van der Waals surface area contributed by atoms with Crippen molar-refractivity contribution >= 4 is 33.2 Å². The Hall–Kier alpha value is -1.22. The van der Waals surface area contributed by atoms with Crippen molar-refractivity contribution in [2.75, 3.05) is 25.5 Å². The quantitative estimate of drug-likeness (QED) is 0.861. The summed E-state index contributed by atoms with van der Waals surface area (Å²) in [5.41, 5.74) is 0.0378. The number of amides is 1. The van der Waals surface area contributed by atoms with Crippen LogP contribution in [0, 0.1) is 5.82 Å². The molecular formula is C13H17ClFN3O3S. The molecule has 0 aliphatic carbocycles. The van der Waals surface area contributed by atoms with Gasteiger partial charge in [-0.3, -0.25) is 4.79 Å². The fourth-order valence-electron chi connectivity index (χ4n) is 2.31. The molecule has 1 aliphatic rings. The molecule has 1 amide bonds. The highest BCUT2D eigenvalue weighted by Crippen LogP contribution is 2.30. The van der Waals surface area contributed by atoms with Gasteiger partial charge in [0, 0.05) is 32.6 Å². The molecule has 1 aliphatic heterocycles. The number of hydrogen-bond donors (Lipinski definition) is 2. The van der Waals surface area contributed by atoms with Crippen LogP contribution in [0.1, 0.15) is 13.3 Å². The van der Waals surface area contributed by atoms with Crippen molar-refractivity contribution in [3.63, 3.8) is 0 Å². The number of benzene rings is 1. The Morgan fingerprint density at radius 2 is 2.18 bits per heavy atom. The minimum atomic E-state index is -4.00. The van der Waals surface area contributed by atoms with E-state index in [-0.39, 0.29) is 16.8 Å². The molecule has 1 unspecified atom stereocenters. The van der Waals surface area contributed by atoms with Crippen molar-refractivity contribution in [3.8, 4) is 0 Å². The van der Waals surface area contributed by atoms with Crippen molar-refractivity contribution in [2.24, 2.45) is 0 Å². The number of likely N-dealkylation sites (N-methyl/N-ethyl adjacent to an activating group) is 1. The summed E-state index contributed by atoms with van der Waals surface area (Å²) in [7, 11) is -2.58. The predicted molar refractivity (Wildman–Crippen MR) is 81.9 cm³/mol. The lowest BCUT2D eigenvalue weighted by molar-refractivity contribution is -0.114. The smallest absolute Gasteiger partial charge is 0.246 e. The van der Waals surface area contributed by atoms with Crippen LogP contribution in [0.5, 0.6) is 0 Å². The zero-order valence-electron chi connectivity index (χ0n) is 12.2.